The molecule has 0 radical (unpaired) electrons. The number of allylic oxidation sites excluding steroid dienone is 1. The van der Waals surface area contributed by atoms with E-state index in [1.54, 1.807) is 11.8 Å². The number of amidine groups is 1. The SMILES string of the molecule is O=C1N=C(N2CCC3(CC2)OCc2ccccc23)SC1=C1CCCC1. The lowest BCUT2D eigenvalue weighted by atomic mass is 9.84. The Kier molecular flexibility index (Phi) is 3.75. The highest BCUT2D eigenvalue weighted by Gasteiger charge is 2.43. The highest BCUT2D eigenvalue weighted by molar-refractivity contribution is 8.18. The predicted octanol–water partition coefficient (Wildman–Crippen LogP) is 3.97. The van der Waals surface area contributed by atoms with Crippen molar-refractivity contribution in [1.82, 2.24) is 4.90 Å². The van der Waals surface area contributed by atoms with E-state index < -0.39 is 0 Å². The molecular formula is C20H22N2O2S. The van der Waals surface area contributed by atoms with Crippen LogP contribution in [-0.4, -0.2) is 29.1 Å². The molecule has 3 heterocycles. The van der Waals surface area contributed by atoms with Crippen molar-refractivity contribution in [3.8, 4) is 0 Å². The number of hydrogen-bond acceptors (Lipinski definition) is 4. The summed E-state index contributed by atoms with van der Waals surface area (Å²) in [6, 6.07) is 8.58. The molecule has 25 heavy (non-hydrogen) atoms. The van der Waals surface area contributed by atoms with E-state index in [0.717, 1.165) is 55.5 Å². The summed E-state index contributed by atoms with van der Waals surface area (Å²) < 4.78 is 6.24. The molecule has 130 valence electrons. The summed E-state index contributed by atoms with van der Waals surface area (Å²) in [4.78, 5) is 19.9. The van der Waals surface area contributed by atoms with E-state index in [2.05, 4.69) is 34.2 Å². The Morgan fingerprint density at radius 2 is 1.88 bits per heavy atom. The van der Waals surface area contributed by atoms with E-state index in [0.29, 0.717) is 0 Å². The smallest absolute Gasteiger partial charge is 0.286 e. The Balaban J connectivity index is 1.31. The standard InChI is InChI=1S/C20H22N2O2S/c23-18-17(14-5-1-2-6-14)25-19(21-18)22-11-9-20(10-12-22)16-8-4-3-7-15(16)13-24-20/h3-4,7-8H,1-2,5-6,9-13H2. The summed E-state index contributed by atoms with van der Waals surface area (Å²) in [5.41, 5.74) is 3.89. The maximum atomic E-state index is 12.3. The van der Waals surface area contributed by atoms with Crippen molar-refractivity contribution in [3.05, 3.63) is 45.9 Å². The van der Waals surface area contributed by atoms with Crippen LogP contribution in [0, 0.1) is 0 Å². The van der Waals surface area contributed by atoms with E-state index in [-0.39, 0.29) is 11.5 Å². The van der Waals surface area contributed by atoms with Crippen LogP contribution >= 0.6 is 11.8 Å². The molecule has 4 nitrogen and oxygen atoms in total. The molecule has 0 N–H and O–H groups in total. The number of thioether (sulfide) groups is 1. The number of ether oxygens (including phenoxy) is 1. The highest BCUT2D eigenvalue weighted by atomic mass is 32.2. The van der Waals surface area contributed by atoms with Crippen molar-refractivity contribution in [3.63, 3.8) is 0 Å². The maximum Gasteiger partial charge on any atom is 0.286 e. The van der Waals surface area contributed by atoms with Crippen LogP contribution < -0.4 is 0 Å². The van der Waals surface area contributed by atoms with Crippen LogP contribution in [0.2, 0.25) is 0 Å². The van der Waals surface area contributed by atoms with Gasteiger partial charge in [-0.3, -0.25) is 4.79 Å². The molecule has 0 bridgehead atoms. The molecule has 1 saturated carbocycles. The molecule has 0 atom stereocenters. The maximum absolute atomic E-state index is 12.3. The van der Waals surface area contributed by atoms with E-state index in [1.165, 1.54) is 29.5 Å². The third kappa shape index (κ3) is 2.56. The second-order valence-electron chi connectivity index (χ2n) is 7.37. The van der Waals surface area contributed by atoms with Crippen molar-refractivity contribution in [1.29, 1.82) is 0 Å². The van der Waals surface area contributed by atoms with E-state index in [1.807, 2.05) is 0 Å². The first-order valence-corrected chi connectivity index (χ1v) is 10.1. The number of carbonyl (C=O) groups is 1. The molecule has 1 spiro atoms. The van der Waals surface area contributed by atoms with Crippen LogP contribution in [0.4, 0.5) is 0 Å². The molecule has 1 aromatic rings. The minimum atomic E-state index is -0.131. The molecule has 1 amide bonds. The fraction of sp³-hybridized carbons (Fsp3) is 0.500. The Labute approximate surface area is 152 Å². The van der Waals surface area contributed by atoms with Gasteiger partial charge in [-0.15, -0.1) is 0 Å². The number of carbonyl (C=O) groups excluding carboxylic acids is 1. The fourth-order valence-corrected chi connectivity index (χ4v) is 5.64. The van der Waals surface area contributed by atoms with Crippen molar-refractivity contribution >= 4 is 22.8 Å². The Morgan fingerprint density at radius 1 is 1.12 bits per heavy atom. The molecule has 1 aromatic carbocycles. The molecule has 0 aromatic heterocycles. The molecule has 2 fully saturated rings. The fourth-order valence-electron chi connectivity index (χ4n) is 4.54. The van der Waals surface area contributed by atoms with Crippen molar-refractivity contribution < 1.29 is 9.53 Å². The third-order valence-corrected chi connectivity index (χ3v) is 7.17. The van der Waals surface area contributed by atoms with Crippen LogP contribution in [0.5, 0.6) is 0 Å². The lowest BCUT2D eigenvalue weighted by molar-refractivity contribution is -0.113. The largest absolute Gasteiger partial charge is 0.365 e. The van der Waals surface area contributed by atoms with Crippen molar-refractivity contribution in [2.45, 2.75) is 50.7 Å². The average Bonchev–Trinajstić information content (AvgIpc) is 3.36. The Hall–Kier alpha value is -1.59. The molecule has 5 heteroatoms. The Bertz CT molecular complexity index is 783. The van der Waals surface area contributed by atoms with Crippen LogP contribution in [0.3, 0.4) is 0 Å². The lowest BCUT2D eigenvalue weighted by Gasteiger charge is -2.39. The molecule has 5 rings (SSSR count). The normalized spacial score (nSPS) is 25.0. The van der Waals surface area contributed by atoms with Gasteiger partial charge in [0.05, 0.1) is 17.1 Å². The number of fused-ring (bicyclic) bond motifs is 2. The van der Waals surface area contributed by atoms with Gasteiger partial charge in [0.15, 0.2) is 5.17 Å². The number of likely N-dealkylation sites (tertiary alicyclic amines) is 1. The minimum Gasteiger partial charge on any atom is -0.365 e. The number of hydrogen-bond donors (Lipinski definition) is 0. The third-order valence-electron chi connectivity index (χ3n) is 5.97. The van der Waals surface area contributed by atoms with Gasteiger partial charge >= 0.3 is 0 Å². The number of amides is 1. The van der Waals surface area contributed by atoms with Crippen LogP contribution in [0.25, 0.3) is 0 Å². The van der Waals surface area contributed by atoms with Gasteiger partial charge in [0, 0.05) is 13.1 Å². The van der Waals surface area contributed by atoms with E-state index >= 15 is 0 Å². The van der Waals surface area contributed by atoms with Gasteiger partial charge < -0.3 is 9.64 Å². The monoisotopic (exact) mass is 354 g/mol. The first kappa shape index (κ1) is 15.6. The zero-order chi connectivity index (χ0) is 16.9. The van der Waals surface area contributed by atoms with Gasteiger partial charge in [-0.05, 0) is 61.4 Å². The summed E-state index contributed by atoms with van der Waals surface area (Å²) in [5, 5.41) is 0.903. The number of benzene rings is 1. The Morgan fingerprint density at radius 3 is 2.68 bits per heavy atom. The zero-order valence-corrected chi connectivity index (χ0v) is 15.1. The van der Waals surface area contributed by atoms with Gasteiger partial charge in [0.25, 0.3) is 5.91 Å². The first-order valence-electron chi connectivity index (χ1n) is 9.25. The predicted molar refractivity (Wildman–Crippen MR) is 99.2 cm³/mol. The molecule has 1 aliphatic carbocycles. The summed E-state index contributed by atoms with van der Waals surface area (Å²) in [6.07, 6.45) is 6.50. The molecule has 0 unspecified atom stereocenters. The summed E-state index contributed by atoms with van der Waals surface area (Å²) in [6.45, 7) is 2.52. The van der Waals surface area contributed by atoms with Crippen molar-refractivity contribution in [2.24, 2.45) is 4.99 Å². The second kappa shape index (κ2) is 5.99. The molecule has 3 aliphatic heterocycles. The summed E-state index contributed by atoms with van der Waals surface area (Å²) in [7, 11) is 0. The van der Waals surface area contributed by atoms with Gasteiger partial charge in [0.1, 0.15) is 0 Å². The molecule has 4 aliphatic rings. The van der Waals surface area contributed by atoms with Gasteiger partial charge in [0.2, 0.25) is 0 Å². The number of piperidine rings is 1. The first-order chi connectivity index (χ1) is 12.3. The number of rotatable bonds is 0. The topological polar surface area (TPSA) is 41.9 Å². The number of aliphatic imine (C=N–C) groups is 1. The zero-order valence-electron chi connectivity index (χ0n) is 14.3. The van der Waals surface area contributed by atoms with E-state index in [9.17, 15) is 4.79 Å². The summed E-state index contributed by atoms with van der Waals surface area (Å²) in [5.74, 6) is -0.0142. The lowest BCUT2D eigenvalue weighted by Crippen LogP contribution is -2.44. The average molecular weight is 354 g/mol. The van der Waals surface area contributed by atoms with Crippen LogP contribution in [-0.2, 0) is 21.7 Å². The molecular weight excluding hydrogens is 332 g/mol. The summed E-state index contributed by atoms with van der Waals surface area (Å²) >= 11 is 1.60. The minimum absolute atomic E-state index is 0.0142. The van der Waals surface area contributed by atoms with Gasteiger partial charge in [-0.25, -0.2) is 0 Å². The molecule has 1 saturated heterocycles. The van der Waals surface area contributed by atoms with E-state index in [4.69, 9.17) is 4.74 Å². The quantitative estimate of drug-likeness (QED) is 0.661. The highest BCUT2D eigenvalue weighted by Crippen LogP contribution is 2.45. The van der Waals surface area contributed by atoms with Gasteiger partial charge in [-0.2, -0.15) is 4.99 Å². The van der Waals surface area contributed by atoms with Crippen LogP contribution in [0.15, 0.2) is 39.7 Å². The van der Waals surface area contributed by atoms with Gasteiger partial charge in [-0.1, -0.05) is 29.8 Å². The second-order valence-corrected chi connectivity index (χ2v) is 8.35. The number of nitrogens with zero attached hydrogens (tertiary/aromatic N) is 2. The van der Waals surface area contributed by atoms with Crippen LogP contribution in [0.1, 0.15) is 49.7 Å². The van der Waals surface area contributed by atoms with Crippen molar-refractivity contribution in [2.75, 3.05) is 13.1 Å².